The van der Waals surface area contributed by atoms with Crippen molar-refractivity contribution >= 4 is 0 Å². The number of hydrogen-bond acceptors (Lipinski definition) is 2. The molecule has 0 atom stereocenters. The largest absolute Gasteiger partial charge is 0.269 e. The fourth-order valence-corrected chi connectivity index (χ4v) is 0.840. The third-order valence-electron chi connectivity index (χ3n) is 1.51. The molecule has 1 heterocycles. The van der Waals surface area contributed by atoms with Crippen molar-refractivity contribution in [1.29, 1.82) is 0 Å². The summed E-state index contributed by atoms with van der Waals surface area (Å²) in [4.78, 5) is 0. The topological polar surface area (TPSA) is 29.3 Å². The lowest BCUT2D eigenvalue weighted by atomic mass is 10.1. The summed E-state index contributed by atoms with van der Waals surface area (Å²) in [6.07, 6.45) is 2.16. The molecule has 1 rings (SSSR count). The summed E-state index contributed by atoms with van der Waals surface area (Å²) in [5, 5.41) is 1.84. The van der Waals surface area contributed by atoms with Crippen LogP contribution in [0.15, 0.2) is 12.2 Å². The van der Waals surface area contributed by atoms with Gasteiger partial charge in [-0.1, -0.05) is 12.2 Å². The van der Waals surface area contributed by atoms with Crippen LogP contribution < -0.4 is 5.84 Å². The van der Waals surface area contributed by atoms with E-state index < -0.39 is 0 Å². The molecule has 2 heteroatoms. The van der Waals surface area contributed by atoms with Gasteiger partial charge < -0.3 is 0 Å². The standard InChI is InChI=1S/C6H12N2/c1-6-2-4-8(7)5-3-6/h1-5,7H2. The highest BCUT2D eigenvalue weighted by Gasteiger charge is 2.06. The molecule has 0 bridgehead atoms. The maximum absolute atomic E-state index is 5.49. The van der Waals surface area contributed by atoms with Crippen LogP contribution in [0.25, 0.3) is 0 Å². The van der Waals surface area contributed by atoms with Crippen molar-refractivity contribution in [2.24, 2.45) is 5.84 Å². The molecule has 8 heavy (non-hydrogen) atoms. The van der Waals surface area contributed by atoms with Gasteiger partial charge in [-0.05, 0) is 12.8 Å². The fraction of sp³-hybridized carbons (Fsp3) is 0.667. The third kappa shape index (κ3) is 1.32. The Morgan fingerprint density at radius 2 is 1.88 bits per heavy atom. The highest BCUT2D eigenvalue weighted by molar-refractivity contribution is 4.97. The van der Waals surface area contributed by atoms with Crippen molar-refractivity contribution in [3.63, 3.8) is 0 Å². The SMILES string of the molecule is C=C1CCN(N)CC1. The van der Waals surface area contributed by atoms with Gasteiger partial charge in [-0.25, -0.2) is 5.01 Å². The van der Waals surface area contributed by atoms with Crippen LogP contribution in [0.5, 0.6) is 0 Å². The van der Waals surface area contributed by atoms with E-state index in [4.69, 9.17) is 5.84 Å². The second kappa shape index (κ2) is 2.29. The van der Waals surface area contributed by atoms with Gasteiger partial charge in [0.1, 0.15) is 0 Å². The van der Waals surface area contributed by atoms with E-state index >= 15 is 0 Å². The normalized spacial score (nSPS) is 23.9. The van der Waals surface area contributed by atoms with Crippen LogP contribution in [0, 0.1) is 0 Å². The van der Waals surface area contributed by atoms with Crippen molar-refractivity contribution in [1.82, 2.24) is 5.01 Å². The van der Waals surface area contributed by atoms with E-state index in [1.165, 1.54) is 5.57 Å². The van der Waals surface area contributed by atoms with Gasteiger partial charge in [-0.15, -0.1) is 0 Å². The second-order valence-corrected chi connectivity index (χ2v) is 2.29. The zero-order valence-corrected chi connectivity index (χ0v) is 5.06. The number of piperidine rings is 1. The van der Waals surface area contributed by atoms with Crippen LogP contribution in [-0.4, -0.2) is 18.1 Å². The lowest BCUT2D eigenvalue weighted by Gasteiger charge is -2.22. The molecule has 0 spiro atoms. The van der Waals surface area contributed by atoms with Crippen molar-refractivity contribution in [2.45, 2.75) is 12.8 Å². The zero-order valence-electron chi connectivity index (χ0n) is 5.06. The Morgan fingerprint density at radius 1 is 1.38 bits per heavy atom. The van der Waals surface area contributed by atoms with Crippen molar-refractivity contribution in [3.05, 3.63) is 12.2 Å². The van der Waals surface area contributed by atoms with Crippen LogP contribution in [0.2, 0.25) is 0 Å². The molecule has 1 aliphatic heterocycles. The third-order valence-corrected chi connectivity index (χ3v) is 1.51. The molecular formula is C6H12N2. The minimum absolute atomic E-state index is 0.985. The molecule has 0 aromatic carbocycles. The highest BCUT2D eigenvalue weighted by Crippen LogP contribution is 2.09. The van der Waals surface area contributed by atoms with Gasteiger partial charge in [-0.2, -0.15) is 0 Å². The first-order chi connectivity index (χ1) is 3.79. The summed E-state index contributed by atoms with van der Waals surface area (Å²) in [5.41, 5.74) is 1.34. The van der Waals surface area contributed by atoms with E-state index in [1.807, 2.05) is 5.01 Å². The average Bonchev–Trinajstić information content (AvgIpc) is 1.77. The van der Waals surface area contributed by atoms with Gasteiger partial charge in [0, 0.05) is 13.1 Å². The van der Waals surface area contributed by atoms with Crippen LogP contribution in [0.4, 0.5) is 0 Å². The van der Waals surface area contributed by atoms with Crippen LogP contribution in [0.3, 0.4) is 0 Å². The van der Waals surface area contributed by atoms with Gasteiger partial charge in [0.05, 0.1) is 0 Å². The first-order valence-electron chi connectivity index (χ1n) is 2.95. The molecule has 0 saturated carbocycles. The Labute approximate surface area is 49.9 Å². The molecule has 0 aliphatic carbocycles. The fourth-order valence-electron chi connectivity index (χ4n) is 0.840. The summed E-state index contributed by atoms with van der Waals surface area (Å²) in [5.74, 6) is 5.49. The van der Waals surface area contributed by atoms with Gasteiger partial charge >= 0.3 is 0 Å². The lowest BCUT2D eigenvalue weighted by Crippen LogP contribution is -2.36. The minimum Gasteiger partial charge on any atom is -0.269 e. The molecule has 0 aromatic rings. The molecule has 1 saturated heterocycles. The summed E-state index contributed by atoms with van der Waals surface area (Å²) in [7, 11) is 0. The van der Waals surface area contributed by atoms with Crippen LogP contribution in [-0.2, 0) is 0 Å². The molecular weight excluding hydrogens is 100 g/mol. The van der Waals surface area contributed by atoms with Crippen molar-refractivity contribution in [3.8, 4) is 0 Å². The predicted molar refractivity (Wildman–Crippen MR) is 34.1 cm³/mol. The minimum atomic E-state index is 0.985. The first kappa shape index (κ1) is 5.79. The van der Waals surface area contributed by atoms with Crippen LogP contribution >= 0.6 is 0 Å². The van der Waals surface area contributed by atoms with Crippen molar-refractivity contribution in [2.75, 3.05) is 13.1 Å². The summed E-state index contributed by atoms with van der Waals surface area (Å²) in [6, 6.07) is 0. The van der Waals surface area contributed by atoms with Crippen LogP contribution in [0.1, 0.15) is 12.8 Å². The van der Waals surface area contributed by atoms with E-state index in [1.54, 1.807) is 0 Å². The molecule has 46 valence electrons. The quantitative estimate of drug-likeness (QED) is 0.365. The van der Waals surface area contributed by atoms with E-state index in [0.717, 1.165) is 25.9 Å². The molecule has 2 nitrogen and oxygen atoms in total. The Balaban J connectivity index is 2.29. The molecule has 0 aromatic heterocycles. The van der Waals surface area contributed by atoms with Gasteiger partial charge in [0.25, 0.3) is 0 Å². The number of hydrogen-bond donors (Lipinski definition) is 1. The Morgan fingerprint density at radius 3 is 2.25 bits per heavy atom. The Hall–Kier alpha value is -0.340. The monoisotopic (exact) mass is 112 g/mol. The smallest absolute Gasteiger partial charge is 0.0165 e. The first-order valence-corrected chi connectivity index (χ1v) is 2.95. The maximum atomic E-state index is 5.49. The van der Waals surface area contributed by atoms with Gasteiger partial charge in [-0.3, -0.25) is 5.84 Å². The predicted octanol–water partition coefficient (Wildman–Crippen LogP) is 0.512. The van der Waals surface area contributed by atoms with E-state index in [9.17, 15) is 0 Å². The van der Waals surface area contributed by atoms with E-state index in [-0.39, 0.29) is 0 Å². The van der Waals surface area contributed by atoms with Gasteiger partial charge in [0.2, 0.25) is 0 Å². The molecule has 0 radical (unpaired) electrons. The highest BCUT2D eigenvalue weighted by atomic mass is 15.4. The van der Waals surface area contributed by atoms with E-state index in [2.05, 4.69) is 6.58 Å². The summed E-state index contributed by atoms with van der Waals surface area (Å²) in [6.45, 7) is 5.84. The average molecular weight is 112 g/mol. The van der Waals surface area contributed by atoms with E-state index in [0.29, 0.717) is 0 Å². The van der Waals surface area contributed by atoms with Crippen molar-refractivity contribution < 1.29 is 0 Å². The Kier molecular flexibility index (Phi) is 1.65. The molecule has 1 aliphatic rings. The number of rotatable bonds is 0. The Bertz CT molecular complexity index is 88.7. The number of hydrazine groups is 1. The molecule has 0 unspecified atom stereocenters. The number of nitrogens with two attached hydrogens (primary N) is 1. The summed E-state index contributed by atoms with van der Waals surface area (Å²) < 4.78 is 0. The maximum Gasteiger partial charge on any atom is 0.0165 e. The lowest BCUT2D eigenvalue weighted by molar-refractivity contribution is 0.265. The van der Waals surface area contributed by atoms with Gasteiger partial charge in [0.15, 0.2) is 0 Å². The molecule has 0 amide bonds. The number of nitrogens with zero attached hydrogens (tertiary/aromatic N) is 1. The zero-order chi connectivity index (χ0) is 5.98. The second-order valence-electron chi connectivity index (χ2n) is 2.29. The molecule has 2 N–H and O–H groups in total. The molecule has 1 fully saturated rings. The summed E-state index contributed by atoms with van der Waals surface area (Å²) >= 11 is 0.